The van der Waals surface area contributed by atoms with E-state index in [0.717, 1.165) is 19.5 Å². The zero-order valence-electron chi connectivity index (χ0n) is 7.95. The van der Waals surface area contributed by atoms with Crippen LogP contribution in [0.5, 0.6) is 0 Å². The third-order valence-corrected chi connectivity index (χ3v) is 1.54. The summed E-state index contributed by atoms with van der Waals surface area (Å²) in [6, 6.07) is 0. The fraction of sp³-hybridized carbons (Fsp3) is 1.00. The van der Waals surface area contributed by atoms with Gasteiger partial charge in [0.25, 0.3) is 0 Å². The second-order valence-electron chi connectivity index (χ2n) is 3.18. The van der Waals surface area contributed by atoms with E-state index < -0.39 is 6.29 Å². The molecule has 0 atom stereocenters. The summed E-state index contributed by atoms with van der Waals surface area (Å²) in [6.45, 7) is 2.67. The quantitative estimate of drug-likeness (QED) is 0.352. The minimum atomic E-state index is -1.17. The van der Waals surface area contributed by atoms with Crippen LogP contribution in [0.1, 0.15) is 12.8 Å². The van der Waals surface area contributed by atoms with Gasteiger partial charge in [-0.25, -0.2) is 0 Å². The van der Waals surface area contributed by atoms with Gasteiger partial charge in [0.2, 0.25) is 0 Å². The van der Waals surface area contributed by atoms with E-state index in [2.05, 4.69) is 10.2 Å². The van der Waals surface area contributed by atoms with Crippen LogP contribution in [0.4, 0.5) is 0 Å². The maximum atomic E-state index is 8.50. The second-order valence-corrected chi connectivity index (χ2v) is 3.18. The summed E-state index contributed by atoms with van der Waals surface area (Å²) in [7, 11) is 4.08. The molecule has 0 aliphatic heterocycles. The molecule has 0 saturated heterocycles. The van der Waals surface area contributed by atoms with E-state index in [0.29, 0.717) is 13.0 Å². The lowest BCUT2D eigenvalue weighted by molar-refractivity contribution is -0.0443. The Hall–Kier alpha value is -0.160. The fourth-order valence-corrected chi connectivity index (χ4v) is 0.876. The van der Waals surface area contributed by atoms with Crippen molar-refractivity contribution < 1.29 is 10.2 Å². The van der Waals surface area contributed by atoms with Crippen LogP contribution in [0, 0.1) is 0 Å². The van der Waals surface area contributed by atoms with Crippen LogP contribution in [-0.2, 0) is 0 Å². The molecule has 0 unspecified atom stereocenters. The molecule has 0 spiro atoms. The summed E-state index contributed by atoms with van der Waals surface area (Å²) in [5.41, 5.74) is 0. The Bertz CT molecular complexity index is 85.1. The first-order valence-corrected chi connectivity index (χ1v) is 4.34. The summed E-state index contributed by atoms with van der Waals surface area (Å²) in [5.74, 6) is 0. The number of nitrogens with one attached hydrogen (secondary N) is 1. The molecule has 0 radical (unpaired) electrons. The molecule has 0 amide bonds. The highest BCUT2D eigenvalue weighted by molar-refractivity contribution is 4.51. The van der Waals surface area contributed by atoms with Gasteiger partial charge < -0.3 is 20.4 Å². The number of aliphatic hydroxyl groups is 2. The minimum absolute atomic E-state index is 0.405. The topological polar surface area (TPSA) is 55.7 Å². The molecule has 0 aliphatic carbocycles. The normalized spacial score (nSPS) is 11.5. The van der Waals surface area contributed by atoms with Gasteiger partial charge in [-0.15, -0.1) is 0 Å². The molecule has 4 nitrogen and oxygen atoms in total. The maximum Gasteiger partial charge on any atom is 0.152 e. The van der Waals surface area contributed by atoms with E-state index in [1.54, 1.807) is 0 Å². The van der Waals surface area contributed by atoms with Crippen LogP contribution >= 0.6 is 0 Å². The average molecular weight is 176 g/mol. The molecular formula is C8H20N2O2. The van der Waals surface area contributed by atoms with Crippen molar-refractivity contribution in [3.05, 3.63) is 0 Å². The first-order valence-electron chi connectivity index (χ1n) is 4.34. The van der Waals surface area contributed by atoms with Gasteiger partial charge in [-0.3, -0.25) is 0 Å². The second kappa shape index (κ2) is 7.49. The zero-order chi connectivity index (χ0) is 9.40. The van der Waals surface area contributed by atoms with Crippen molar-refractivity contribution in [2.24, 2.45) is 0 Å². The Morgan fingerprint density at radius 1 is 1.25 bits per heavy atom. The van der Waals surface area contributed by atoms with Gasteiger partial charge in [-0.1, -0.05) is 0 Å². The summed E-state index contributed by atoms with van der Waals surface area (Å²) in [5, 5.41) is 20.1. The summed E-state index contributed by atoms with van der Waals surface area (Å²) >= 11 is 0. The van der Waals surface area contributed by atoms with Gasteiger partial charge in [0.05, 0.1) is 0 Å². The van der Waals surface area contributed by atoms with Gasteiger partial charge in [-0.2, -0.15) is 0 Å². The predicted molar refractivity (Wildman–Crippen MR) is 48.9 cm³/mol. The number of nitrogens with zero attached hydrogens (tertiary/aromatic N) is 1. The minimum Gasteiger partial charge on any atom is -0.368 e. The molecule has 0 aromatic heterocycles. The predicted octanol–water partition coefficient (Wildman–Crippen LogP) is -0.771. The van der Waals surface area contributed by atoms with Gasteiger partial charge >= 0.3 is 0 Å². The summed E-state index contributed by atoms with van der Waals surface area (Å²) in [6.07, 6.45) is 0.322. The molecular weight excluding hydrogens is 156 g/mol. The first-order chi connectivity index (χ1) is 5.63. The highest BCUT2D eigenvalue weighted by Crippen LogP contribution is 1.84. The van der Waals surface area contributed by atoms with Gasteiger partial charge in [0.15, 0.2) is 6.29 Å². The first kappa shape index (κ1) is 11.8. The SMILES string of the molecule is CN(C)CCCNCCC(O)O. The molecule has 4 heteroatoms. The van der Waals surface area contributed by atoms with Crippen LogP contribution in [0.25, 0.3) is 0 Å². The molecule has 0 saturated carbocycles. The van der Waals surface area contributed by atoms with Crippen molar-refractivity contribution >= 4 is 0 Å². The van der Waals surface area contributed by atoms with Crippen molar-refractivity contribution in [2.75, 3.05) is 33.7 Å². The van der Waals surface area contributed by atoms with Crippen molar-refractivity contribution in [2.45, 2.75) is 19.1 Å². The Kier molecular flexibility index (Phi) is 7.39. The Labute approximate surface area is 74.2 Å². The van der Waals surface area contributed by atoms with Crippen LogP contribution in [0.2, 0.25) is 0 Å². The van der Waals surface area contributed by atoms with Gasteiger partial charge in [0.1, 0.15) is 0 Å². The Morgan fingerprint density at radius 3 is 2.42 bits per heavy atom. The maximum absolute atomic E-state index is 8.50. The number of hydrogen-bond acceptors (Lipinski definition) is 4. The van der Waals surface area contributed by atoms with E-state index in [1.165, 1.54) is 0 Å². The lowest BCUT2D eigenvalue weighted by Crippen LogP contribution is -2.24. The lowest BCUT2D eigenvalue weighted by Gasteiger charge is -2.09. The van der Waals surface area contributed by atoms with Crippen molar-refractivity contribution in [3.63, 3.8) is 0 Å². The van der Waals surface area contributed by atoms with Crippen LogP contribution in [0.15, 0.2) is 0 Å². The lowest BCUT2D eigenvalue weighted by atomic mass is 10.3. The molecule has 0 aliphatic rings. The third kappa shape index (κ3) is 9.84. The van der Waals surface area contributed by atoms with E-state index in [9.17, 15) is 0 Å². The van der Waals surface area contributed by atoms with Crippen LogP contribution < -0.4 is 5.32 Å². The highest BCUT2D eigenvalue weighted by atomic mass is 16.5. The third-order valence-electron chi connectivity index (χ3n) is 1.54. The van der Waals surface area contributed by atoms with Crippen molar-refractivity contribution in [1.29, 1.82) is 0 Å². The summed E-state index contributed by atoms with van der Waals surface area (Å²) < 4.78 is 0. The zero-order valence-corrected chi connectivity index (χ0v) is 7.95. The van der Waals surface area contributed by atoms with Crippen LogP contribution in [0.3, 0.4) is 0 Å². The van der Waals surface area contributed by atoms with E-state index in [1.807, 2.05) is 14.1 Å². The Balaban J connectivity index is 2.91. The molecule has 0 aromatic rings. The number of hydrogen-bond donors (Lipinski definition) is 3. The number of rotatable bonds is 7. The monoisotopic (exact) mass is 176 g/mol. The molecule has 3 N–H and O–H groups in total. The molecule has 0 bridgehead atoms. The molecule has 74 valence electrons. The molecule has 0 fully saturated rings. The standard InChI is InChI=1S/C8H20N2O2/c1-10(2)7-3-5-9-6-4-8(11)12/h8-9,11-12H,3-7H2,1-2H3. The van der Waals surface area contributed by atoms with Crippen LogP contribution in [-0.4, -0.2) is 55.1 Å². The highest BCUT2D eigenvalue weighted by Gasteiger charge is 1.95. The van der Waals surface area contributed by atoms with Gasteiger partial charge in [0, 0.05) is 6.42 Å². The fourth-order valence-electron chi connectivity index (χ4n) is 0.876. The number of aliphatic hydroxyl groups excluding tert-OH is 1. The van der Waals surface area contributed by atoms with Crippen molar-refractivity contribution in [3.8, 4) is 0 Å². The molecule has 0 heterocycles. The van der Waals surface area contributed by atoms with Gasteiger partial charge in [-0.05, 0) is 40.2 Å². The van der Waals surface area contributed by atoms with E-state index in [-0.39, 0.29) is 0 Å². The molecule has 0 rings (SSSR count). The average Bonchev–Trinajstić information content (AvgIpc) is 1.95. The van der Waals surface area contributed by atoms with E-state index in [4.69, 9.17) is 10.2 Å². The molecule has 0 aromatic carbocycles. The van der Waals surface area contributed by atoms with E-state index >= 15 is 0 Å². The summed E-state index contributed by atoms with van der Waals surface area (Å²) in [4.78, 5) is 2.13. The largest absolute Gasteiger partial charge is 0.368 e. The smallest absolute Gasteiger partial charge is 0.152 e. The molecule has 12 heavy (non-hydrogen) atoms. The van der Waals surface area contributed by atoms with Crippen molar-refractivity contribution in [1.82, 2.24) is 10.2 Å². The Morgan fingerprint density at radius 2 is 1.92 bits per heavy atom.